The standard InChI is InChI=1S/C14H12N2O6/c1-20-13(18)9-10(16-22-11(9)14(19)21-2)12(17)15-8-6-4-3-5-7-8/h3-7H,1-2H3,(H,15,17). The number of rotatable bonds is 4. The van der Waals surface area contributed by atoms with E-state index in [1.165, 1.54) is 0 Å². The summed E-state index contributed by atoms with van der Waals surface area (Å²) in [5, 5.41) is 5.99. The molecule has 8 heteroatoms. The van der Waals surface area contributed by atoms with Gasteiger partial charge in [0.2, 0.25) is 0 Å². The number of benzene rings is 1. The van der Waals surface area contributed by atoms with Crippen LogP contribution < -0.4 is 5.32 Å². The topological polar surface area (TPSA) is 108 Å². The second-order valence-corrected chi connectivity index (χ2v) is 4.04. The van der Waals surface area contributed by atoms with Crippen LogP contribution in [-0.2, 0) is 9.47 Å². The van der Waals surface area contributed by atoms with Crippen molar-refractivity contribution in [1.82, 2.24) is 5.16 Å². The summed E-state index contributed by atoms with van der Waals surface area (Å²) in [4.78, 5) is 35.5. The molecule has 2 rings (SSSR count). The van der Waals surface area contributed by atoms with Gasteiger partial charge in [-0.25, -0.2) is 9.59 Å². The Hall–Kier alpha value is -3.16. The van der Waals surface area contributed by atoms with Gasteiger partial charge in [0, 0.05) is 5.69 Å². The van der Waals surface area contributed by atoms with Crippen molar-refractivity contribution < 1.29 is 28.4 Å². The molecule has 1 aromatic heterocycles. The molecule has 0 aliphatic heterocycles. The first-order valence-corrected chi connectivity index (χ1v) is 6.11. The number of hydrogen-bond donors (Lipinski definition) is 1. The number of amides is 1. The Morgan fingerprint density at radius 1 is 1.05 bits per heavy atom. The first kappa shape index (κ1) is 15.2. The summed E-state index contributed by atoms with van der Waals surface area (Å²) < 4.78 is 13.8. The molecule has 0 spiro atoms. The minimum atomic E-state index is -0.938. The predicted molar refractivity (Wildman–Crippen MR) is 73.6 cm³/mol. The number of carbonyl (C=O) groups is 3. The highest BCUT2D eigenvalue weighted by Crippen LogP contribution is 2.18. The third-order valence-corrected chi connectivity index (χ3v) is 2.70. The Morgan fingerprint density at radius 3 is 2.27 bits per heavy atom. The first-order chi connectivity index (χ1) is 10.6. The van der Waals surface area contributed by atoms with E-state index in [2.05, 4.69) is 19.9 Å². The smallest absolute Gasteiger partial charge is 0.377 e. The second kappa shape index (κ2) is 6.53. The number of carbonyl (C=O) groups excluding carboxylic acids is 3. The van der Waals surface area contributed by atoms with Gasteiger partial charge in [0.05, 0.1) is 14.2 Å². The number of hydrogen-bond acceptors (Lipinski definition) is 7. The fraction of sp³-hybridized carbons (Fsp3) is 0.143. The average molecular weight is 304 g/mol. The van der Waals surface area contributed by atoms with Crippen LogP contribution in [0, 0.1) is 0 Å². The minimum absolute atomic E-state index is 0.365. The maximum atomic E-state index is 12.2. The van der Waals surface area contributed by atoms with Gasteiger partial charge < -0.3 is 19.3 Å². The number of aromatic nitrogens is 1. The number of para-hydroxylation sites is 1. The van der Waals surface area contributed by atoms with Gasteiger partial charge in [0.1, 0.15) is 5.56 Å². The second-order valence-electron chi connectivity index (χ2n) is 4.04. The predicted octanol–water partition coefficient (Wildman–Crippen LogP) is 1.50. The molecule has 0 unspecified atom stereocenters. The van der Waals surface area contributed by atoms with E-state index >= 15 is 0 Å². The van der Waals surface area contributed by atoms with Crippen LogP contribution in [-0.4, -0.2) is 37.2 Å². The molecule has 0 radical (unpaired) electrons. The lowest BCUT2D eigenvalue weighted by Crippen LogP contribution is -2.18. The van der Waals surface area contributed by atoms with Gasteiger partial charge in [-0.2, -0.15) is 0 Å². The van der Waals surface area contributed by atoms with E-state index in [0.29, 0.717) is 5.69 Å². The Bertz CT molecular complexity index is 707. The van der Waals surface area contributed by atoms with Gasteiger partial charge >= 0.3 is 11.9 Å². The number of ether oxygens (including phenoxy) is 2. The van der Waals surface area contributed by atoms with E-state index in [9.17, 15) is 14.4 Å². The molecule has 8 nitrogen and oxygen atoms in total. The molecule has 114 valence electrons. The summed E-state index contributed by atoms with van der Waals surface area (Å²) >= 11 is 0. The van der Waals surface area contributed by atoms with E-state index in [-0.39, 0.29) is 11.3 Å². The number of methoxy groups -OCH3 is 2. The molecular formula is C14H12N2O6. The highest BCUT2D eigenvalue weighted by molar-refractivity contribution is 6.13. The van der Waals surface area contributed by atoms with Crippen LogP contribution in [0.2, 0.25) is 0 Å². The van der Waals surface area contributed by atoms with Crippen LogP contribution >= 0.6 is 0 Å². The lowest BCUT2D eigenvalue weighted by Gasteiger charge is -2.04. The van der Waals surface area contributed by atoms with E-state index < -0.39 is 23.6 Å². The summed E-state index contributed by atoms with van der Waals surface area (Å²) in [5.74, 6) is -3.08. The Balaban J connectivity index is 2.38. The highest BCUT2D eigenvalue weighted by atomic mass is 16.6. The molecule has 2 aromatic rings. The zero-order valence-electron chi connectivity index (χ0n) is 11.8. The van der Waals surface area contributed by atoms with Crippen molar-refractivity contribution in [3.8, 4) is 0 Å². The van der Waals surface area contributed by atoms with Crippen LogP contribution in [0.15, 0.2) is 34.9 Å². The molecule has 0 aliphatic rings. The quantitative estimate of drug-likeness (QED) is 0.853. The lowest BCUT2D eigenvalue weighted by atomic mass is 10.1. The van der Waals surface area contributed by atoms with Crippen LogP contribution in [0.5, 0.6) is 0 Å². The van der Waals surface area contributed by atoms with Crippen LogP contribution in [0.3, 0.4) is 0 Å². The van der Waals surface area contributed by atoms with Gasteiger partial charge in [-0.1, -0.05) is 23.4 Å². The third kappa shape index (κ3) is 2.95. The third-order valence-electron chi connectivity index (χ3n) is 2.70. The molecule has 0 atom stereocenters. The Labute approximate surface area is 125 Å². The Morgan fingerprint density at radius 2 is 1.68 bits per heavy atom. The van der Waals surface area contributed by atoms with E-state index in [1.54, 1.807) is 30.3 Å². The SMILES string of the molecule is COC(=O)c1onc(C(=O)Nc2ccccc2)c1C(=O)OC. The van der Waals surface area contributed by atoms with Gasteiger partial charge in [-0.05, 0) is 12.1 Å². The lowest BCUT2D eigenvalue weighted by molar-refractivity contribution is 0.0521. The Kier molecular flexibility index (Phi) is 4.52. The molecule has 1 amide bonds. The van der Waals surface area contributed by atoms with Crippen LogP contribution in [0.1, 0.15) is 31.4 Å². The molecule has 1 aromatic carbocycles. The van der Waals surface area contributed by atoms with E-state index in [1.807, 2.05) is 0 Å². The van der Waals surface area contributed by atoms with Crippen molar-refractivity contribution in [1.29, 1.82) is 0 Å². The van der Waals surface area contributed by atoms with Gasteiger partial charge in [-0.3, -0.25) is 4.79 Å². The zero-order chi connectivity index (χ0) is 16.1. The van der Waals surface area contributed by atoms with Gasteiger partial charge in [0.15, 0.2) is 5.69 Å². The molecule has 0 bridgehead atoms. The van der Waals surface area contributed by atoms with Gasteiger partial charge in [-0.15, -0.1) is 0 Å². The summed E-state index contributed by atoms with van der Waals surface area (Å²) in [5.41, 5.74) is -0.259. The maximum Gasteiger partial charge on any atom is 0.377 e. The van der Waals surface area contributed by atoms with Crippen molar-refractivity contribution in [3.63, 3.8) is 0 Å². The summed E-state index contributed by atoms with van der Waals surface area (Å²) in [6.45, 7) is 0. The van der Waals surface area contributed by atoms with Gasteiger partial charge in [0.25, 0.3) is 11.7 Å². The molecular weight excluding hydrogens is 292 g/mol. The number of nitrogens with one attached hydrogen (secondary N) is 1. The molecule has 1 heterocycles. The van der Waals surface area contributed by atoms with E-state index in [4.69, 9.17) is 4.52 Å². The largest absolute Gasteiger partial charge is 0.465 e. The highest BCUT2D eigenvalue weighted by Gasteiger charge is 2.32. The maximum absolute atomic E-state index is 12.2. The summed E-state index contributed by atoms with van der Waals surface area (Å²) in [6.07, 6.45) is 0. The number of anilines is 1. The zero-order valence-corrected chi connectivity index (χ0v) is 11.8. The van der Waals surface area contributed by atoms with Crippen molar-refractivity contribution >= 4 is 23.5 Å². The molecule has 0 saturated heterocycles. The number of nitrogens with zero attached hydrogens (tertiary/aromatic N) is 1. The monoisotopic (exact) mass is 304 g/mol. The molecule has 1 N–H and O–H groups in total. The van der Waals surface area contributed by atoms with Crippen molar-refractivity contribution in [3.05, 3.63) is 47.3 Å². The summed E-state index contributed by atoms with van der Waals surface area (Å²) in [6, 6.07) is 8.52. The summed E-state index contributed by atoms with van der Waals surface area (Å²) in [7, 11) is 2.21. The first-order valence-electron chi connectivity index (χ1n) is 6.11. The molecule has 0 fully saturated rings. The molecule has 22 heavy (non-hydrogen) atoms. The fourth-order valence-corrected chi connectivity index (χ4v) is 1.68. The minimum Gasteiger partial charge on any atom is -0.465 e. The fourth-order valence-electron chi connectivity index (χ4n) is 1.68. The van der Waals surface area contributed by atoms with Crippen molar-refractivity contribution in [2.45, 2.75) is 0 Å². The number of esters is 2. The molecule has 0 saturated carbocycles. The molecule has 0 aliphatic carbocycles. The van der Waals surface area contributed by atoms with E-state index in [0.717, 1.165) is 14.2 Å². The van der Waals surface area contributed by atoms with Crippen molar-refractivity contribution in [2.24, 2.45) is 0 Å². The normalized spacial score (nSPS) is 9.91. The average Bonchev–Trinajstić information content (AvgIpc) is 2.99. The van der Waals surface area contributed by atoms with Crippen LogP contribution in [0.25, 0.3) is 0 Å². The van der Waals surface area contributed by atoms with Crippen LogP contribution in [0.4, 0.5) is 5.69 Å². The van der Waals surface area contributed by atoms with Crippen molar-refractivity contribution in [2.75, 3.05) is 19.5 Å².